The fourth-order valence-corrected chi connectivity index (χ4v) is 0.529. The van der Waals surface area contributed by atoms with Crippen molar-refractivity contribution in [1.82, 2.24) is 0 Å². The highest BCUT2D eigenvalue weighted by molar-refractivity contribution is 5.80. The number of terminal acetylenes is 1. The van der Waals surface area contributed by atoms with Crippen LogP contribution in [0.2, 0.25) is 0 Å². The fraction of sp³-hybridized carbons (Fsp3) is 0.625. The fourth-order valence-electron chi connectivity index (χ4n) is 0.529. The SMILES string of the molecule is [2H]CC(N)(CC#C)C(=O)OCC. The molecule has 0 aliphatic carbocycles. The Morgan fingerprint density at radius 1 is 2.00 bits per heavy atom. The zero-order valence-corrected chi connectivity index (χ0v) is 6.59. The minimum absolute atomic E-state index is 0.0370. The first kappa shape index (κ1) is 8.09. The summed E-state index contributed by atoms with van der Waals surface area (Å²) in [5, 5.41) is 0. The lowest BCUT2D eigenvalue weighted by molar-refractivity contribution is -0.148. The van der Waals surface area contributed by atoms with Gasteiger partial charge in [0, 0.05) is 7.79 Å². The molecule has 0 aliphatic heterocycles. The number of hydrogen-bond acceptors (Lipinski definition) is 3. The van der Waals surface area contributed by atoms with Crippen LogP contribution in [0.15, 0.2) is 0 Å². The van der Waals surface area contributed by atoms with E-state index in [4.69, 9.17) is 13.5 Å². The molecule has 0 saturated carbocycles. The highest BCUT2D eigenvalue weighted by Crippen LogP contribution is 2.06. The molecule has 0 bridgehead atoms. The molecule has 3 heteroatoms. The predicted molar refractivity (Wildman–Crippen MR) is 42.7 cm³/mol. The van der Waals surface area contributed by atoms with Crippen LogP contribution in [0.5, 0.6) is 0 Å². The summed E-state index contributed by atoms with van der Waals surface area (Å²) in [5.41, 5.74) is 4.20. The molecule has 3 nitrogen and oxygen atoms in total. The molecule has 62 valence electrons. The molecule has 0 fully saturated rings. The standard InChI is InChI=1S/C8H13NO2/c1-4-6-8(3,9)7(10)11-5-2/h1H,5-6,9H2,2-3H3/i3D. The van der Waals surface area contributed by atoms with E-state index in [0.29, 0.717) is 0 Å². The largest absolute Gasteiger partial charge is 0.465 e. The van der Waals surface area contributed by atoms with E-state index in [0.717, 1.165) is 0 Å². The summed E-state index contributed by atoms with van der Waals surface area (Å²) in [4.78, 5) is 11.1. The lowest BCUT2D eigenvalue weighted by atomic mass is 10.0. The summed E-state index contributed by atoms with van der Waals surface area (Å²) < 4.78 is 11.7. The lowest BCUT2D eigenvalue weighted by Crippen LogP contribution is -2.45. The number of hydrogen-bond donors (Lipinski definition) is 1. The quantitative estimate of drug-likeness (QED) is 0.472. The second kappa shape index (κ2) is 3.99. The van der Waals surface area contributed by atoms with Crippen LogP contribution in [0.4, 0.5) is 0 Å². The molecule has 0 radical (unpaired) electrons. The molecule has 1 unspecified atom stereocenters. The van der Waals surface area contributed by atoms with Gasteiger partial charge in [-0.1, -0.05) is 0 Å². The number of nitrogens with two attached hydrogens (primary N) is 1. The smallest absolute Gasteiger partial charge is 0.326 e. The van der Waals surface area contributed by atoms with Crippen molar-refractivity contribution in [2.24, 2.45) is 5.73 Å². The van der Waals surface area contributed by atoms with Gasteiger partial charge in [-0.2, -0.15) is 0 Å². The van der Waals surface area contributed by atoms with E-state index in [-0.39, 0.29) is 19.9 Å². The Morgan fingerprint density at radius 2 is 2.64 bits per heavy atom. The summed E-state index contributed by atoms with van der Waals surface area (Å²) in [5.74, 6) is 1.65. The van der Waals surface area contributed by atoms with Crippen molar-refractivity contribution >= 4 is 5.97 Å². The van der Waals surface area contributed by atoms with E-state index in [1.165, 1.54) is 0 Å². The lowest BCUT2D eigenvalue weighted by Gasteiger charge is -2.18. The Kier molecular flexibility index (Phi) is 2.94. The molecular formula is C8H13NO2. The first-order chi connectivity index (χ1) is 5.60. The zero-order valence-electron chi connectivity index (χ0n) is 7.59. The van der Waals surface area contributed by atoms with Gasteiger partial charge in [-0.25, -0.2) is 0 Å². The summed E-state index contributed by atoms with van der Waals surface area (Å²) in [6.45, 7) is 1.68. The monoisotopic (exact) mass is 156 g/mol. The van der Waals surface area contributed by atoms with Crippen molar-refractivity contribution in [3.8, 4) is 12.3 Å². The summed E-state index contributed by atoms with van der Waals surface area (Å²) in [6, 6.07) is 0. The number of carbonyl (C=O) groups excluding carboxylic acids is 1. The molecular weight excluding hydrogens is 142 g/mol. The minimum Gasteiger partial charge on any atom is -0.465 e. The first-order valence-corrected chi connectivity index (χ1v) is 3.29. The van der Waals surface area contributed by atoms with E-state index in [9.17, 15) is 4.79 Å². The minimum atomic E-state index is -1.33. The second-order valence-corrected chi connectivity index (χ2v) is 2.26. The van der Waals surface area contributed by atoms with Crippen LogP contribution in [-0.2, 0) is 9.53 Å². The first-order valence-electron chi connectivity index (χ1n) is 4.00. The van der Waals surface area contributed by atoms with Crippen LogP contribution < -0.4 is 5.73 Å². The predicted octanol–water partition coefficient (Wildman–Crippen LogP) is 0.290. The van der Waals surface area contributed by atoms with E-state index >= 15 is 0 Å². The number of rotatable bonds is 3. The number of carbonyl (C=O) groups is 1. The van der Waals surface area contributed by atoms with Crippen LogP contribution in [0, 0.1) is 12.3 Å². The third-order valence-corrected chi connectivity index (χ3v) is 1.10. The topological polar surface area (TPSA) is 52.3 Å². The van der Waals surface area contributed by atoms with Crippen LogP contribution in [-0.4, -0.2) is 18.1 Å². The van der Waals surface area contributed by atoms with Gasteiger partial charge in [0.15, 0.2) is 0 Å². The Labute approximate surface area is 68.3 Å². The van der Waals surface area contributed by atoms with Gasteiger partial charge in [-0.3, -0.25) is 4.79 Å². The van der Waals surface area contributed by atoms with Gasteiger partial charge < -0.3 is 10.5 Å². The maximum absolute atomic E-state index is 11.1. The molecule has 11 heavy (non-hydrogen) atoms. The van der Waals surface area contributed by atoms with Crippen molar-refractivity contribution in [2.75, 3.05) is 6.61 Å². The summed E-state index contributed by atoms with van der Waals surface area (Å²) in [7, 11) is 0. The van der Waals surface area contributed by atoms with Crippen LogP contribution >= 0.6 is 0 Å². The van der Waals surface area contributed by atoms with Crippen LogP contribution in [0.3, 0.4) is 0 Å². The van der Waals surface area contributed by atoms with Gasteiger partial charge in [-0.15, -0.1) is 12.3 Å². The molecule has 0 aliphatic rings. The van der Waals surface area contributed by atoms with Gasteiger partial charge in [0.05, 0.1) is 6.61 Å². The maximum atomic E-state index is 11.1. The van der Waals surface area contributed by atoms with Crippen LogP contribution in [0.1, 0.15) is 21.6 Å². The van der Waals surface area contributed by atoms with Gasteiger partial charge in [0.1, 0.15) is 5.54 Å². The van der Waals surface area contributed by atoms with Crippen molar-refractivity contribution in [3.05, 3.63) is 0 Å². The van der Waals surface area contributed by atoms with Gasteiger partial charge in [-0.05, 0) is 13.8 Å². The molecule has 2 N–H and O–H groups in total. The second-order valence-electron chi connectivity index (χ2n) is 2.26. The molecule has 0 spiro atoms. The van der Waals surface area contributed by atoms with Crippen molar-refractivity contribution < 1.29 is 10.9 Å². The van der Waals surface area contributed by atoms with Gasteiger partial charge in [0.2, 0.25) is 0 Å². The molecule has 0 amide bonds. The molecule has 1 atom stereocenters. The third kappa shape index (κ3) is 3.06. The van der Waals surface area contributed by atoms with Crippen molar-refractivity contribution in [1.29, 1.82) is 0 Å². The molecule has 0 aromatic rings. The zero-order chi connectivity index (χ0) is 9.61. The summed E-state index contributed by atoms with van der Waals surface area (Å²) >= 11 is 0. The highest BCUT2D eigenvalue weighted by Gasteiger charge is 2.28. The Morgan fingerprint density at radius 3 is 3.00 bits per heavy atom. The van der Waals surface area contributed by atoms with E-state index in [2.05, 4.69) is 10.7 Å². The molecule has 0 saturated heterocycles. The highest BCUT2D eigenvalue weighted by atomic mass is 16.5. The number of esters is 1. The van der Waals surface area contributed by atoms with Gasteiger partial charge in [0.25, 0.3) is 0 Å². The maximum Gasteiger partial charge on any atom is 0.326 e. The van der Waals surface area contributed by atoms with Crippen molar-refractivity contribution in [3.63, 3.8) is 0 Å². The van der Waals surface area contributed by atoms with Gasteiger partial charge >= 0.3 is 5.97 Å². The average Bonchev–Trinajstić information content (AvgIpc) is 2.05. The van der Waals surface area contributed by atoms with E-state index in [1.54, 1.807) is 6.92 Å². The molecule has 0 heterocycles. The Hall–Kier alpha value is -1.01. The van der Waals surface area contributed by atoms with E-state index < -0.39 is 11.5 Å². The summed E-state index contributed by atoms with van der Waals surface area (Å²) in [6.07, 6.45) is 5.04. The average molecular weight is 156 g/mol. The van der Waals surface area contributed by atoms with Crippen molar-refractivity contribution in [2.45, 2.75) is 25.8 Å². The molecule has 0 rings (SSSR count). The third-order valence-electron chi connectivity index (χ3n) is 1.10. The van der Waals surface area contributed by atoms with E-state index in [1.807, 2.05) is 0 Å². The normalized spacial score (nSPS) is 15.9. The number of ether oxygens (including phenoxy) is 1. The molecule has 0 aromatic heterocycles. The Balaban J connectivity index is 4.31. The van der Waals surface area contributed by atoms with Crippen LogP contribution in [0.25, 0.3) is 0 Å². The Bertz CT molecular complexity index is 200. The molecule has 0 aromatic carbocycles.